The maximum atomic E-state index is 14.6. The summed E-state index contributed by atoms with van der Waals surface area (Å²) in [6.07, 6.45) is 9.57. The summed E-state index contributed by atoms with van der Waals surface area (Å²) in [5, 5.41) is 13.5. The molecule has 0 aromatic heterocycles. The molecule has 1 heterocycles. The molecule has 1 saturated heterocycles. The molecule has 3 rings (SSSR count). The summed E-state index contributed by atoms with van der Waals surface area (Å²) < 4.78 is 14.6. The van der Waals surface area contributed by atoms with E-state index in [0.29, 0.717) is 42.1 Å². The van der Waals surface area contributed by atoms with Crippen LogP contribution in [0, 0.1) is 18.7 Å². The van der Waals surface area contributed by atoms with Crippen molar-refractivity contribution in [3.63, 3.8) is 0 Å². The number of piperidine rings is 1. The number of nitrogens with zero attached hydrogens (tertiary/aromatic N) is 1. The first-order valence-corrected chi connectivity index (χ1v) is 11.8. The number of benzene rings is 1. The number of aryl methyl sites for hydroxylation is 1. The topological polar surface area (TPSA) is 69.6 Å². The number of hydrogen-bond acceptors (Lipinski definition) is 3. The Morgan fingerprint density at radius 3 is 2.45 bits per heavy atom. The zero-order valence-corrected chi connectivity index (χ0v) is 19.9. The summed E-state index contributed by atoms with van der Waals surface area (Å²) >= 11 is 0. The predicted octanol–water partition coefficient (Wildman–Crippen LogP) is 5.38. The second-order valence-corrected chi connectivity index (χ2v) is 9.34. The van der Waals surface area contributed by atoms with Crippen LogP contribution in [0.25, 0.3) is 0 Å². The van der Waals surface area contributed by atoms with Crippen molar-refractivity contribution < 1.29 is 19.1 Å². The van der Waals surface area contributed by atoms with Gasteiger partial charge in [0.2, 0.25) is 0 Å². The molecule has 1 amide bonds. The Morgan fingerprint density at radius 2 is 1.85 bits per heavy atom. The Morgan fingerprint density at radius 1 is 1.15 bits per heavy atom. The van der Waals surface area contributed by atoms with E-state index in [2.05, 4.69) is 11.9 Å². The number of rotatable bonds is 7. The fraction of sp³-hybridized carbons (Fsp3) is 0.481. The fourth-order valence-corrected chi connectivity index (χ4v) is 5.06. The molecule has 1 aliphatic heterocycles. The first-order chi connectivity index (χ1) is 15.7. The number of allylic oxidation sites excluding steroid dienone is 3. The third kappa shape index (κ3) is 5.73. The maximum absolute atomic E-state index is 14.6. The molecule has 1 aromatic carbocycles. The van der Waals surface area contributed by atoms with Gasteiger partial charge in [0.15, 0.2) is 0 Å². The van der Waals surface area contributed by atoms with E-state index in [1.807, 2.05) is 26.0 Å². The molecule has 178 valence electrons. The number of hydrogen-bond donors (Lipinski definition) is 2. The second kappa shape index (κ2) is 10.8. The van der Waals surface area contributed by atoms with Gasteiger partial charge in [-0.15, -0.1) is 0 Å². The van der Waals surface area contributed by atoms with E-state index in [1.54, 1.807) is 19.1 Å². The smallest absolute Gasteiger partial charge is 0.308 e. The lowest BCUT2D eigenvalue weighted by Gasteiger charge is -2.41. The minimum absolute atomic E-state index is 0.00391. The van der Waals surface area contributed by atoms with Gasteiger partial charge in [-0.1, -0.05) is 43.2 Å². The van der Waals surface area contributed by atoms with Crippen LogP contribution in [0.15, 0.2) is 53.8 Å². The van der Waals surface area contributed by atoms with Crippen LogP contribution in [0.3, 0.4) is 0 Å². The van der Waals surface area contributed by atoms with Gasteiger partial charge in [0, 0.05) is 18.3 Å². The van der Waals surface area contributed by atoms with E-state index in [1.165, 1.54) is 23.8 Å². The summed E-state index contributed by atoms with van der Waals surface area (Å²) in [5.74, 6) is -2.80. The fourth-order valence-electron chi connectivity index (χ4n) is 5.06. The Labute approximate surface area is 196 Å². The van der Waals surface area contributed by atoms with Gasteiger partial charge in [0.05, 0.1) is 17.5 Å². The molecule has 2 aliphatic rings. The van der Waals surface area contributed by atoms with Gasteiger partial charge in [0.1, 0.15) is 5.82 Å². The molecule has 2 N–H and O–H groups in total. The van der Waals surface area contributed by atoms with E-state index in [4.69, 9.17) is 0 Å². The van der Waals surface area contributed by atoms with Crippen LogP contribution in [0.2, 0.25) is 0 Å². The van der Waals surface area contributed by atoms with Crippen LogP contribution < -0.4 is 5.32 Å². The van der Waals surface area contributed by atoms with E-state index in [-0.39, 0.29) is 5.56 Å². The Kier molecular flexibility index (Phi) is 8.11. The standard InChI is InChI=1S/C27H35FN2O3/c1-17(2)21(15-14-19(4)29-20-10-5-6-11-20)25-22(27(32)33)12-8-16-30(25)26(31)24-18(3)9-7-13-23(24)28/h7,9,13-15,20,22,25,29H,1,5-6,8,10-12,16H2,2-4H3,(H,32,33)/b19-14+,21-15+/t22-,25-/m0/s1. The monoisotopic (exact) mass is 454 g/mol. The van der Waals surface area contributed by atoms with Gasteiger partial charge in [-0.2, -0.15) is 0 Å². The van der Waals surface area contributed by atoms with E-state index in [9.17, 15) is 19.1 Å². The molecule has 2 fully saturated rings. The summed E-state index contributed by atoms with van der Waals surface area (Å²) in [5.41, 5.74) is 2.92. The maximum Gasteiger partial charge on any atom is 0.308 e. The number of amides is 1. The van der Waals surface area contributed by atoms with E-state index in [0.717, 1.165) is 18.5 Å². The third-order valence-corrected chi connectivity index (χ3v) is 6.76. The van der Waals surface area contributed by atoms with Gasteiger partial charge in [0.25, 0.3) is 5.91 Å². The van der Waals surface area contributed by atoms with Crippen LogP contribution >= 0.6 is 0 Å². The molecule has 33 heavy (non-hydrogen) atoms. The SMILES string of the molecule is C=C(C)/C(=C\C=C(/C)NC1CCCC1)[C@H]1[C@@H](C(=O)O)CCCN1C(=O)c1c(C)cccc1F. The van der Waals surface area contributed by atoms with Crippen molar-refractivity contribution >= 4 is 11.9 Å². The summed E-state index contributed by atoms with van der Waals surface area (Å²) in [6.45, 7) is 9.96. The number of nitrogens with one attached hydrogen (secondary N) is 1. The molecule has 0 unspecified atom stereocenters. The Balaban J connectivity index is 1.99. The Bertz CT molecular complexity index is 955. The van der Waals surface area contributed by atoms with Crippen molar-refractivity contribution in [2.24, 2.45) is 5.92 Å². The van der Waals surface area contributed by atoms with Crippen molar-refractivity contribution in [3.8, 4) is 0 Å². The van der Waals surface area contributed by atoms with Gasteiger partial charge in [-0.05, 0) is 69.7 Å². The molecule has 1 aliphatic carbocycles. The van der Waals surface area contributed by atoms with Gasteiger partial charge >= 0.3 is 5.97 Å². The minimum atomic E-state index is -0.959. The zero-order chi connectivity index (χ0) is 24.1. The quantitative estimate of drug-likeness (QED) is 0.543. The van der Waals surface area contributed by atoms with Crippen LogP contribution in [-0.2, 0) is 4.79 Å². The third-order valence-electron chi connectivity index (χ3n) is 6.76. The number of halogens is 1. The van der Waals surface area contributed by atoms with E-state index >= 15 is 0 Å². The number of aliphatic carboxylic acids is 1. The highest BCUT2D eigenvalue weighted by molar-refractivity contribution is 5.97. The lowest BCUT2D eigenvalue weighted by molar-refractivity contribution is -0.144. The molecular formula is C27H35FN2O3. The lowest BCUT2D eigenvalue weighted by Crippen LogP contribution is -2.52. The van der Waals surface area contributed by atoms with Crippen molar-refractivity contribution in [1.29, 1.82) is 0 Å². The molecule has 0 bridgehead atoms. The molecule has 0 radical (unpaired) electrons. The highest BCUT2D eigenvalue weighted by atomic mass is 19.1. The second-order valence-electron chi connectivity index (χ2n) is 9.34. The van der Waals surface area contributed by atoms with Crippen LogP contribution in [0.5, 0.6) is 0 Å². The van der Waals surface area contributed by atoms with Gasteiger partial charge in [-0.25, -0.2) is 4.39 Å². The number of carboxylic acid groups (broad SMARTS) is 1. The molecule has 2 atom stereocenters. The molecular weight excluding hydrogens is 419 g/mol. The van der Waals surface area contributed by atoms with E-state index < -0.39 is 29.7 Å². The van der Waals surface area contributed by atoms with Gasteiger partial charge < -0.3 is 15.3 Å². The van der Waals surface area contributed by atoms with Crippen LogP contribution in [0.4, 0.5) is 4.39 Å². The molecule has 5 nitrogen and oxygen atoms in total. The highest BCUT2D eigenvalue weighted by Gasteiger charge is 2.41. The summed E-state index contributed by atoms with van der Waals surface area (Å²) in [6, 6.07) is 4.28. The molecule has 6 heteroatoms. The summed E-state index contributed by atoms with van der Waals surface area (Å²) in [7, 11) is 0. The summed E-state index contributed by atoms with van der Waals surface area (Å²) in [4.78, 5) is 27.3. The average molecular weight is 455 g/mol. The minimum Gasteiger partial charge on any atom is -0.481 e. The number of carbonyl (C=O) groups excluding carboxylic acids is 1. The van der Waals surface area contributed by atoms with Crippen LogP contribution in [-0.4, -0.2) is 40.5 Å². The highest BCUT2D eigenvalue weighted by Crippen LogP contribution is 2.34. The molecule has 1 aromatic rings. The lowest BCUT2D eigenvalue weighted by atomic mass is 9.81. The van der Waals surface area contributed by atoms with Crippen molar-refractivity contribution in [3.05, 3.63) is 70.7 Å². The van der Waals surface area contributed by atoms with Crippen molar-refractivity contribution in [2.75, 3.05) is 6.54 Å². The first kappa shape index (κ1) is 24.7. The van der Waals surface area contributed by atoms with Gasteiger partial charge in [-0.3, -0.25) is 9.59 Å². The molecule has 1 saturated carbocycles. The Hall–Kier alpha value is -2.89. The first-order valence-electron chi connectivity index (χ1n) is 11.8. The average Bonchev–Trinajstić information content (AvgIpc) is 3.26. The van der Waals surface area contributed by atoms with Crippen LogP contribution in [0.1, 0.15) is 68.3 Å². The number of likely N-dealkylation sites (tertiary alicyclic amines) is 1. The largest absolute Gasteiger partial charge is 0.481 e. The number of carbonyl (C=O) groups is 2. The van der Waals surface area contributed by atoms with Crippen molar-refractivity contribution in [2.45, 2.75) is 71.4 Å². The number of carboxylic acids is 1. The molecule has 0 spiro atoms. The zero-order valence-electron chi connectivity index (χ0n) is 19.9. The predicted molar refractivity (Wildman–Crippen MR) is 128 cm³/mol. The normalized spacial score (nSPS) is 22.4. The van der Waals surface area contributed by atoms with Crippen molar-refractivity contribution in [1.82, 2.24) is 10.2 Å².